The maximum absolute atomic E-state index is 13.0. The van der Waals surface area contributed by atoms with Crippen LogP contribution in [-0.4, -0.2) is 28.3 Å². The van der Waals surface area contributed by atoms with Gasteiger partial charge in [-0.25, -0.2) is 9.48 Å². The second-order valence-electron chi connectivity index (χ2n) is 7.60. The molecule has 0 bridgehead atoms. The number of rotatable bonds is 8. The van der Waals surface area contributed by atoms with E-state index in [0.29, 0.717) is 11.4 Å². The average molecular weight is 460 g/mol. The average Bonchev–Trinajstić information content (AvgIpc) is 3.47. The molecule has 2 heterocycles. The highest BCUT2D eigenvalue weighted by Gasteiger charge is 2.23. The lowest BCUT2D eigenvalue weighted by Gasteiger charge is -2.11. The molecule has 8 nitrogen and oxygen atoms in total. The monoisotopic (exact) mass is 459 g/mol. The Labute approximate surface area is 197 Å². The highest BCUT2D eigenvalue weighted by molar-refractivity contribution is 6.06. The van der Waals surface area contributed by atoms with E-state index in [0.717, 1.165) is 16.9 Å². The Morgan fingerprint density at radius 1 is 1.00 bits per heavy atom. The van der Waals surface area contributed by atoms with Crippen molar-refractivity contribution in [3.05, 3.63) is 95.1 Å². The van der Waals surface area contributed by atoms with Crippen LogP contribution in [0.5, 0.6) is 5.75 Å². The first-order valence-corrected chi connectivity index (χ1v) is 10.9. The Hall–Kier alpha value is -4.33. The molecule has 0 saturated carbocycles. The minimum atomic E-state index is -0.581. The second kappa shape index (κ2) is 10.1. The number of esters is 1. The van der Waals surface area contributed by atoms with E-state index in [2.05, 4.69) is 10.4 Å². The van der Waals surface area contributed by atoms with E-state index in [-0.39, 0.29) is 30.4 Å². The first-order chi connectivity index (χ1) is 16.5. The highest BCUT2D eigenvalue weighted by atomic mass is 16.5. The van der Waals surface area contributed by atoms with E-state index in [1.165, 1.54) is 10.9 Å². The number of furan rings is 1. The number of aromatic nitrogens is 2. The molecule has 0 saturated heterocycles. The molecule has 0 radical (unpaired) electrons. The molecule has 34 heavy (non-hydrogen) atoms. The van der Waals surface area contributed by atoms with Gasteiger partial charge in [-0.15, -0.1) is 0 Å². The molecule has 0 aliphatic rings. The van der Waals surface area contributed by atoms with Crippen molar-refractivity contribution in [3.63, 3.8) is 0 Å². The van der Waals surface area contributed by atoms with Crippen LogP contribution in [-0.2, 0) is 11.3 Å². The zero-order valence-electron chi connectivity index (χ0n) is 19.2. The van der Waals surface area contributed by atoms with Gasteiger partial charge in [-0.05, 0) is 56.2 Å². The fourth-order valence-corrected chi connectivity index (χ4v) is 3.51. The minimum absolute atomic E-state index is 0.0794. The number of anilines is 1. The van der Waals surface area contributed by atoms with Crippen molar-refractivity contribution in [3.8, 4) is 11.4 Å². The number of benzene rings is 2. The smallest absolute Gasteiger partial charge is 0.343 e. The van der Waals surface area contributed by atoms with E-state index in [4.69, 9.17) is 13.9 Å². The van der Waals surface area contributed by atoms with Crippen molar-refractivity contribution in [1.29, 1.82) is 0 Å². The van der Waals surface area contributed by atoms with Crippen LogP contribution in [0.15, 0.2) is 71.3 Å². The molecule has 0 fully saturated rings. The summed E-state index contributed by atoms with van der Waals surface area (Å²) < 4.78 is 18.2. The number of hydrogen-bond donors (Lipinski definition) is 1. The zero-order chi connectivity index (χ0) is 24.1. The van der Waals surface area contributed by atoms with Crippen molar-refractivity contribution in [2.45, 2.75) is 27.4 Å². The predicted molar refractivity (Wildman–Crippen MR) is 126 cm³/mol. The largest absolute Gasteiger partial charge is 0.485 e. The van der Waals surface area contributed by atoms with Crippen LogP contribution in [0.4, 0.5) is 5.82 Å². The highest BCUT2D eigenvalue weighted by Crippen LogP contribution is 2.25. The molecule has 2 aromatic heterocycles. The Morgan fingerprint density at radius 2 is 1.74 bits per heavy atom. The number of para-hydroxylation sites is 2. The maximum atomic E-state index is 13.0. The van der Waals surface area contributed by atoms with Gasteiger partial charge < -0.3 is 19.2 Å². The summed E-state index contributed by atoms with van der Waals surface area (Å²) in [4.78, 5) is 25.4. The van der Waals surface area contributed by atoms with Gasteiger partial charge in [-0.3, -0.25) is 4.79 Å². The molecule has 0 spiro atoms. The second-order valence-corrected chi connectivity index (χ2v) is 7.60. The standard InChI is InChI=1S/C26H25N3O5/c1-4-32-26(31)21-15-27-29(19-11-6-5-7-12-19)24(21)28-25(30)22-14-13-20(34-22)16-33-23-17(2)9-8-10-18(23)3/h5-15H,4,16H2,1-3H3,(H,28,30). The number of ether oxygens (including phenoxy) is 2. The normalized spacial score (nSPS) is 10.7. The van der Waals surface area contributed by atoms with Gasteiger partial charge in [-0.1, -0.05) is 36.4 Å². The third-order valence-electron chi connectivity index (χ3n) is 5.15. The van der Waals surface area contributed by atoms with Gasteiger partial charge in [0.25, 0.3) is 5.91 Å². The van der Waals surface area contributed by atoms with Gasteiger partial charge >= 0.3 is 5.97 Å². The first-order valence-electron chi connectivity index (χ1n) is 10.9. The van der Waals surface area contributed by atoms with Crippen LogP contribution in [0, 0.1) is 13.8 Å². The minimum Gasteiger partial charge on any atom is -0.485 e. The SMILES string of the molecule is CCOC(=O)c1cnn(-c2ccccc2)c1NC(=O)c1ccc(COc2c(C)cccc2C)o1. The van der Waals surface area contributed by atoms with Crippen molar-refractivity contribution >= 4 is 17.7 Å². The molecule has 0 aliphatic carbocycles. The molecule has 174 valence electrons. The third-order valence-corrected chi connectivity index (χ3v) is 5.15. The van der Waals surface area contributed by atoms with Crippen molar-refractivity contribution in [2.75, 3.05) is 11.9 Å². The van der Waals surface area contributed by atoms with E-state index >= 15 is 0 Å². The summed E-state index contributed by atoms with van der Waals surface area (Å²) in [5.74, 6) is 0.449. The Bertz CT molecular complexity index is 1290. The lowest BCUT2D eigenvalue weighted by Crippen LogP contribution is -2.17. The van der Waals surface area contributed by atoms with Gasteiger partial charge in [0.05, 0.1) is 18.5 Å². The van der Waals surface area contributed by atoms with Gasteiger partial charge in [-0.2, -0.15) is 5.10 Å². The van der Waals surface area contributed by atoms with Crippen LogP contribution < -0.4 is 10.1 Å². The summed E-state index contributed by atoms with van der Waals surface area (Å²) in [5, 5.41) is 7.02. The Kier molecular flexibility index (Phi) is 6.77. The molecule has 8 heteroatoms. The molecular weight excluding hydrogens is 434 g/mol. The lowest BCUT2D eigenvalue weighted by atomic mass is 10.1. The van der Waals surface area contributed by atoms with Gasteiger partial charge in [0.15, 0.2) is 11.6 Å². The van der Waals surface area contributed by atoms with Crippen LogP contribution >= 0.6 is 0 Å². The molecule has 0 aliphatic heterocycles. The fraction of sp³-hybridized carbons (Fsp3) is 0.192. The van der Waals surface area contributed by atoms with Crippen molar-refractivity contribution in [1.82, 2.24) is 9.78 Å². The summed E-state index contributed by atoms with van der Waals surface area (Å²) in [6, 6.07) is 18.3. The quantitative estimate of drug-likeness (QED) is 0.369. The number of hydrogen-bond acceptors (Lipinski definition) is 6. The zero-order valence-corrected chi connectivity index (χ0v) is 19.2. The summed E-state index contributed by atoms with van der Waals surface area (Å²) in [6.45, 7) is 6.03. The van der Waals surface area contributed by atoms with E-state index in [1.807, 2.05) is 62.4 Å². The molecule has 2 aromatic carbocycles. The molecule has 0 atom stereocenters. The van der Waals surface area contributed by atoms with E-state index in [1.54, 1.807) is 19.1 Å². The van der Waals surface area contributed by atoms with Crippen LogP contribution in [0.25, 0.3) is 5.69 Å². The number of amides is 1. The summed E-state index contributed by atoms with van der Waals surface area (Å²) >= 11 is 0. The number of carbonyl (C=O) groups excluding carboxylic acids is 2. The van der Waals surface area contributed by atoms with Crippen molar-refractivity contribution in [2.24, 2.45) is 0 Å². The molecule has 4 aromatic rings. The van der Waals surface area contributed by atoms with Gasteiger partial charge in [0.1, 0.15) is 23.7 Å². The molecule has 1 amide bonds. The number of carbonyl (C=O) groups is 2. The van der Waals surface area contributed by atoms with Crippen LogP contribution in [0.2, 0.25) is 0 Å². The summed E-state index contributed by atoms with van der Waals surface area (Å²) in [7, 11) is 0. The van der Waals surface area contributed by atoms with Crippen molar-refractivity contribution < 1.29 is 23.5 Å². The van der Waals surface area contributed by atoms with Gasteiger partial charge in [0.2, 0.25) is 0 Å². The molecule has 4 rings (SSSR count). The number of nitrogens with one attached hydrogen (secondary N) is 1. The predicted octanol–water partition coefficient (Wildman–Crippen LogP) is 5.09. The summed E-state index contributed by atoms with van der Waals surface area (Å²) in [6.07, 6.45) is 1.37. The number of nitrogens with zero attached hydrogens (tertiary/aromatic N) is 2. The maximum Gasteiger partial charge on any atom is 0.343 e. The fourth-order valence-electron chi connectivity index (χ4n) is 3.51. The van der Waals surface area contributed by atoms with Crippen LogP contribution in [0.3, 0.4) is 0 Å². The van der Waals surface area contributed by atoms with Gasteiger partial charge in [0, 0.05) is 0 Å². The lowest BCUT2D eigenvalue weighted by molar-refractivity contribution is 0.0527. The molecule has 1 N–H and O–H groups in total. The molecular formula is C26H25N3O5. The number of aryl methyl sites for hydroxylation is 2. The Morgan fingerprint density at radius 3 is 2.44 bits per heavy atom. The first kappa shape index (κ1) is 22.8. The van der Waals surface area contributed by atoms with E-state index in [9.17, 15) is 9.59 Å². The molecule has 0 unspecified atom stereocenters. The van der Waals surface area contributed by atoms with Crippen LogP contribution in [0.1, 0.15) is 44.7 Å². The summed E-state index contributed by atoms with van der Waals surface area (Å²) in [5.41, 5.74) is 2.86. The van der Waals surface area contributed by atoms with E-state index < -0.39 is 11.9 Å². The Balaban J connectivity index is 1.54. The third kappa shape index (κ3) is 4.85. The topological polar surface area (TPSA) is 95.6 Å².